The molecule has 98 valence electrons. The first-order valence-corrected chi connectivity index (χ1v) is 6.62. The number of hydrogen-bond donors (Lipinski definition) is 1. The number of aliphatic carboxylic acids is 1. The van der Waals surface area contributed by atoms with E-state index in [1.54, 1.807) is 6.08 Å². The highest BCUT2D eigenvalue weighted by atomic mass is 35.5. The van der Waals surface area contributed by atoms with E-state index in [-0.39, 0.29) is 0 Å². The molecule has 1 rings (SSSR count). The molecule has 0 aliphatic rings. The van der Waals surface area contributed by atoms with E-state index >= 15 is 0 Å². The van der Waals surface area contributed by atoms with Gasteiger partial charge in [0.15, 0.2) is 0 Å². The fourth-order valence-corrected chi connectivity index (χ4v) is 1.95. The number of carboxylic acids is 1. The highest BCUT2D eigenvalue weighted by molar-refractivity contribution is 6.18. The summed E-state index contributed by atoms with van der Waals surface area (Å²) in [5, 5.41) is 8.53. The predicted octanol–water partition coefficient (Wildman–Crippen LogP) is 3.07. The monoisotopic (exact) mass is 287 g/mol. The largest absolute Gasteiger partial charge is 0.478 e. The number of carbonyl (C=O) groups is 1. The van der Waals surface area contributed by atoms with Crippen molar-refractivity contribution in [2.24, 2.45) is 0 Å². The Morgan fingerprint density at radius 3 is 2.17 bits per heavy atom. The Labute approximate surface area is 117 Å². The summed E-state index contributed by atoms with van der Waals surface area (Å²) < 4.78 is 0. The molecule has 1 aromatic rings. The Morgan fingerprint density at radius 2 is 1.72 bits per heavy atom. The van der Waals surface area contributed by atoms with Crippen molar-refractivity contribution in [2.75, 3.05) is 29.7 Å². The van der Waals surface area contributed by atoms with Crippen LogP contribution in [0, 0.1) is 0 Å². The van der Waals surface area contributed by atoms with Crippen LogP contribution in [0.4, 0.5) is 5.69 Å². The third-order valence-electron chi connectivity index (χ3n) is 2.39. The van der Waals surface area contributed by atoms with Gasteiger partial charge in [0.2, 0.25) is 0 Å². The van der Waals surface area contributed by atoms with E-state index in [0.29, 0.717) is 11.8 Å². The van der Waals surface area contributed by atoms with Crippen LogP contribution in [0.3, 0.4) is 0 Å². The molecular weight excluding hydrogens is 273 g/mol. The normalized spacial score (nSPS) is 10.8. The maximum absolute atomic E-state index is 10.4. The Morgan fingerprint density at radius 1 is 1.17 bits per heavy atom. The second-order valence-electron chi connectivity index (χ2n) is 3.63. The SMILES string of the molecule is O=C(O)/C=C\c1ccc(N(CCCl)CCCl)cc1. The molecule has 1 aromatic carbocycles. The molecule has 1 N–H and O–H groups in total. The molecule has 0 aromatic heterocycles. The first-order chi connectivity index (χ1) is 8.67. The molecule has 0 spiro atoms. The van der Waals surface area contributed by atoms with Crippen molar-refractivity contribution in [1.29, 1.82) is 0 Å². The van der Waals surface area contributed by atoms with Crippen LogP contribution in [0.1, 0.15) is 5.56 Å². The molecule has 5 heteroatoms. The second-order valence-corrected chi connectivity index (χ2v) is 4.38. The highest BCUT2D eigenvalue weighted by Gasteiger charge is 2.04. The molecule has 0 radical (unpaired) electrons. The molecule has 0 amide bonds. The molecule has 0 bridgehead atoms. The first-order valence-electron chi connectivity index (χ1n) is 5.55. The maximum atomic E-state index is 10.4. The lowest BCUT2D eigenvalue weighted by atomic mass is 10.2. The summed E-state index contributed by atoms with van der Waals surface area (Å²) in [5.74, 6) is 0.125. The Balaban J connectivity index is 2.76. The zero-order chi connectivity index (χ0) is 13.4. The average Bonchev–Trinajstić information content (AvgIpc) is 2.37. The van der Waals surface area contributed by atoms with E-state index in [1.165, 1.54) is 0 Å². The lowest BCUT2D eigenvalue weighted by Crippen LogP contribution is -2.27. The lowest BCUT2D eigenvalue weighted by Gasteiger charge is -2.22. The van der Waals surface area contributed by atoms with Crippen LogP contribution < -0.4 is 4.90 Å². The summed E-state index contributed by atoms with van der Waals surface area (Å²) in [5.41, 5.74) is 1.88. The molecular formula is C13H15Cl2NO2. The van der Waals surface area contributed by atoms with E-state index in [0.717, 1.165) is 30.4 Å². The summed E-state index contributed by atoms with van der Waals surface area (Å²) in [6, 6.07) is 7.59. The topological polar surface area (TPSA) is 40.5 Å². The Hall–Kier alpha value is -1.19. The minimum Gasteiger partial charge on any atom is -0.478 e. The quantitative estimate of drug-likeness (QED) is 0.619. The molecule has 0 aliphatic carbocycles. The summed E-state index contributed by atoms with van der Waals surface area (Å²) in [6.45, 7) is 1.47. The third-order valence-corrected chi connectivity index (χ3v) is 2.72. The summed E-state index contributed by atoms with van der Waals surface area (Å²) in [4.78, 5) is 12.5. The minimum atomic E-state index is -0.954. The van der Waals surface area contributed by atoms with Gasteiger partial charge in [-0.25, -0.2) is 4.79 Å². The third kappa shape index (κ3) is 4.98. The van der Waals surface area contributed by atoms with Gasteiger partial charge in [-0.2, -0.15) is 0 Å². The highest BCUT2D eigenvalue weighted by Crippen LogP contribution is 2.16. The summed E-state index contributed by atoms with van der Waals surface area (Å²) >= 11 is 11.5. The van der Waals surface area contributed by atoms with Gasteiger partial charge in [0.1, 0.15) is 0 Å². The summed E-state index contributed by atoms with van der Waals surface area (Å²) in [7, 11) is 0. The van der Waals surface area contributed by atoms with Crippen LogP contribution in [-0.4, -0.2) is 35.9 Å². The Kier molecular flexibility index (Phi) is 6.61. The number of halogens is 2. The van der Waals surface area contributed by atoms with Crippen molar-refractivity contribution in [3.8, 4) is 0 Å². The fraction of sp³-hybridized carbons (Fsp3) is 0.308. The average molecular weight is 288 g/mol. The van der Waals surface area contributed by atoms with Gasteiger partial charge in [-0.05, 0) is 23.8 Å². The van der Waals surface area contributed by atoms with Gasteiger partial charge in [0.05, 0.1) is 0 Å². The number of nitrogens with zero attached hydrogens (tertiary/aromatic N) is 1. The number of rotatable bonds is 7. The van der Waals surface area contributed by atoms with Gasteiger partial charge in [0.25, 0.3) is 0 Å². The fourth-order valence-electron chi connectivity index (χ4n) is 1.54. The number of anilines is 1. The first kappa shape index (κ1) is 14.9. The van der Waals surface area contributed by atoms with Gasteiger partial charge in [-0.1, -0.05) is 12.1 Å². The molecule has 0 saturated carbocycles. The predicted molar refractivity (Wildman–Crippen MR) is 76.8 cm³/mol. The van der Waals surface area contributed by atoms with Crippen LogP contribution in [-0.2, 0) is 4.79 Å². The van der Waals surface area contributed by atoms with Crippen LogP contribution in [0.2, 0.25) is 0 Å². The number of benzene rings is 1. The Bertz CT molecular complexity index is 398. The van der Waals surface area contributed by atoms with Crippen LogP contribution >= 0.6 is 23.2 Å². The van der Waals surface area contributed by atoms with Gasteiger partial charge in [-0.15, -0.1) is 23.2 Å². The van der Waals surface area contributed by atoms with Crippen molar-refractivity contribution in [1.82, 2.24) is 0 Å². The van der Waals surface area contributed by atoms with E-state index in [1.807, 2.05) is 24.3 Å². The molecule has 0 heterocycles. The standard InChI is InChI=1S/C13H15Cl2NO2/c14-7-9-16(10-8-15)12-4-1-11(2-5-12)3-6-13(17)18/h1-6H,7-10H2,(H,17,18)/b6-3-. The van der Waals surface area contributed by atoms with Crippen LogP contribution in [0.15, 0.2) is 30.3 Å². The van der Waals surface area contributed by atoms with Gasteiger partial charge < -0.3 is 10.0 Å². The second kappa shape index (κ2) is 8.01. The van der Waals surface area contributed by atoms with E-state index in [2.05, 4.69) is 4.90 Å². The molecule has 18 heavy (non-hydrogen) atoms. The van der Waals surface area contributed by atoms with Crippen molar-refractivity contribution in [3.05, 3.63) is 35.9 Å². The van der Waals surface area contributed by atoms with Crippen molar-refractivity contribution in [3.63, 3.8) is 0 Å². The number of alkyl halides is 2. The van der Waals surface area contributed by atoms with Crippen LogP contribution in [0.25, 0.3) is 6.08 Å². The van der Waals surface area contributed by atoms with Gasteiger partial charge in [0, 0.05) is 36.6 Å². The smallest absolute Gasteiger partial charge is 0.328 e. The van der Waals surface area contributed by atoms with Gasteiger partial charge in [-0.3, -0.25) is 0 Å². The molecule has 0 aliphatic heterocycles. The molecule has 3 nitrogen and oxygen atoms in total. The number of carboxylic acid groups (broad SMARTS) is 1. The van der Waals surface area contributed by atoms with E-state index < -0.39 is 5.97 Å². The number of hydrogen-bond acceptors (Lipinski definition) is 2. The molecule has 0 atom stereocenters. The molecule has 0 unspecified atom stereocenters. The van der Waals surface area contributed by atoms with Crippen molar-refractivity contribution < 1.29 is 9.90 Å². The van der Waals surface area contributed by atoms with Gasteiger partial charge >= 0.3 is 5.97 Å². The van der Waals surface area contributed by atoms with Crippen molar-refractivity contribution >= 4 is 40.9 Å². The van der Waals surface area contributed by atoms with Crippen molar-refractivity contribution in [2.45, 2.75) is 0 Å². The van der Waals surface area contributed by atoms with E-state index in [4.69, 9.17) is 28.3 Å². The molecule has 0 saturated heterocycles. The minimum absolute atomic E-state index is 0.539. The zero-order valence-corrected chi connectivity index (χ0v) is 11.4. The molecule has 0 fully saturated rings. The van der Waals surface area contributed by atoms with E-state index in [9.17, 15) is 4.79 Å². The maximum Gasteiger partial charge on any atom is 0.328 e. The van der Waals surface area contributed by atoms with Crippen LogP contribution in [0.5, 0.6) is 0 Å². The zero-order valence-electron chi connectivity index (χ0n) is 9.85. The lowest BCUT2D eigenvalue weighted by molar-refractivity contribution is -0.131. The summed E-state index contributed by atoms with van der Waals surface area (Å²) in [6.07, 6.45) is 2.67.